The molecule has 0 bridgehead atoms. The third kappa shape index (κ3) is 9.83. The van der Waals surface area contributed by atoms with Gasteiger partial charge in [0, 0.05) is 88.4 Å². The first-order chi connectivity index (χ1) is 30.4. The van der Waals surface area contributed by atoms with Crippen LogP contribution in [0.5, 0.6) is 0 Å². The number of thiazole rings is 1. The highest BCUT2D eigenvalue weighted by molar-refractivity contribution is 7.92. The number of halogens is 1. The molecule has 16 nitrogen and oxygen atoms in total. The number of benzene rings is 1. The van der Waals surface area contributed by atoms with Crippen molar-refractivity contribution in [1.82, 2.24) is 35.1 Å². The molecule has 4 aliphatic heterocycles. The Kier molecular flexibility index (Phi) is 13.3. The van der Waals surface area contributed by atoms with E-state index in [-0.39, 0.29) is 64.3 Å². The fourth-order valence-electron chi connectivity index (χ4n) is 9.12. The second-order valence-electron chi connectivity index (χ2n) is 16.7. The maximum absolute atomic E-state index is 16.2. The van der Waals surface area contributed by atoms with Crippen molar-refractivity contribution < 1.29 is 32.0 Å². The number of carbonyl (C=O) groups is 4. The average molecular weight is 901 g/mol. The summed E-state index contributed by atoms with van der Waals surface area (Å²) in [7, 11) is -2.03. The summed E-state index contributed by atoms with van der Waals surface area (Å²) >= 11 is 1.42. The van der Waals surface area contributed by atoms with Crippen LogP contribution >= 0.6 is 11.3 Å². The highest BCUT2D eigenvalue weighted by atomic mass is 32.2. The lowest BCUT2D eigenvalue weighted by molar-refractivity contribution is -0.143. The van der Waals surface area contributed by atoms with Crippen LogP contribution in [-0.4, -0.2) is 114 Å². The fourth-order valence-corrected chi connectivity index (χ4v) is 11.5. The van der Waals surface area contributed by atoms with Crippen molar-refractivity contribution in [2.75, 3.05) is 67.0 Å². The summed E-state index contributed by atoms with van der Waals surface area (Å²) in [5.74, 6) is -0.499. The van der Waals surface area contributed by atoms with Crippen molar-refractivity contribution in [1.29, 1.82) is 0 Å². The number of aromatic nitrogens is 4. The van der Waals surface area contributed by atoms with Crippen molar-refractivity contribution in [3.63, 3.8) is 0 Å². The summed E-state index contributed by atoms with van der Waals surface area (Å²) in [5, 5.41) is 6.14. The highest BCUT2D eigenvalue weighted by Crippen LogP contribution is 2.43. The standard InChI is InChI=1S/C44H53FN10O6S2/c1-3-25-63(60,61)52-33-6-4-5-32(37(33)45)38-39(34-11-18-47-44(46-2)49-34)62-41(51-38)27-12-21-54(22-13-27)43(59)29-16-23-55(24-17-29)42(58)28-14-19-53(20-15-28)35-9-7-30(26-48-35)31-8-10-36(56)50-40(31)57/h4-7,9,11,18,26-29,31,52H,3,8,10,12-17,19-25H2,1-2H3,(H,46,47,49)(H,50,56,57)/t31-/m0/s1. The number of imide groups is 1. The molecule has 4 amide bonds. The zero-order chi connectivity index (χ0) is 44.3. The summed E-state index contributed by atoms with van der Waals surface area (Å²) in [5.41, 5.74) is 1.73. The largest absolute Gasteiger partial charge is 0.357 e. The van der Waals surface area contributed by atoms with Crippen LogP contribution < -0.4 is 20.3 Å². The van der Waals surface area contributed by atoms with Gasteiger partial charge >= 0.3 is 0 Å². The molecule has 4 aromatic rings. The summed E-state index contributed by atoms with van der Waals surface area (Å²) in [6.45, 7) is 5.35. The number of rotatable bonds is 12. The summed E-state index contributed by atoms with van der Waals surface area (Å²) < 4.78 is 43.7. The molecule has 0 saturated carbocycles. The normalized spacial score (nSPS) is 19.5. The van der Waals surface area contributed by atoms with Gasteiger partial charge in [0.25, 0.3) is 0 Å². The van der Waals surface area contributed by atoms with Crippen molar-refractivity contribution in [2.45, 2.75) is 76.5 Å². The molecule has 0 aliphatic carbocycles. The molecule has 334 valence electrons. The topological polar surface area (TPSA) is 200 Å². The minimum absolute atomic E-state index is 0.0188. The van der Waals surface area contributed by atoms with Gasteiger partial charge in [0.05, 0.1) is 38.6 Å². The molecule has 4 aliphatic rings. The van der Waals surface area contributed by atoms with E-state index < -0.39 is 15.8 Å². The number of hydrogen-bond donors (Lipinski definition) is 3. The van der Waals surface area contributed by atoms with E-state index in [1.807, 2.05) is 21.9 Å². The first kappa shape index (κ1) is 44.1. The number of carbonyl (C=O) groups excluding carboxylic acids is 4. The lowest BCUT2D eigenvalue weighted by Gasteiger charge is -2.39. The minimum Gasteiger partial charge on any atom is -0.357 e. The van der Waals surface area contributed by atoms with Crippen LogP contribution in [0.2, 0.25) is 0 Å². The summed E-state index contributed by atoms with van der Waals surface area (Å²) in [6, 6.07) is 10.1. The first-order valence-electron chi connectivity index (χ1n) is 21.8. The molecule has 19 heteroatoms. The number of sulfonamides is 1. The third-order valence-corrected chi connectivity index (χ3v) is 15.4. The van der Waals surface area contributed by atoms with Gasteiger partial charge in [-0.15, -0.1) is 11.3 Å². The van der Waals surface area contributed by atoms with Crippen LogP contribution in [0, 0.1) is 17.7 Å². The molecule has 4 fully saturated rings. The number of hydrogen-bond acceptors (Lipinski definition) is 13. The Bertz CT molecular complexity index is 2440. The lowest BCUT2D eigenvalue weighted by atomic mass is 9.90. The van der Waals surface area contributed by atoms with Crippen LogP contribution in [0.4, 0.5) is 21.8 Å². The van der Waals surface area contributed by atoms with E-state index in [0.29, 0.717) is 119 Å². The third-order valence-electron chi connectivity index (χ3n) is 12.6. The maximum Gasteiger partial charge on any atom is 0.234 e. The molecule has 1 atom stereocenters. The first-order valence-corrected chi connectivity index (χ1v) is 24.3. The van der Waals surface area contributed by atoms with E-state index >= 15 is 4.39 Å². The lowest BCUT2D eigenvalue weighted by Crippen LogP contribution is -2.48. The number of nitrogens with one attached hydrogen (secondary N) is 3. The second-order valence-corrected chi connectivity index (χ2v) is 19.6. The molecule has 0 radical (unpaired) electrons. The Hall–Kier alpha value is -5.56. The Balaban J connectivity index is 0.851. The molecular weight excluding hydrogens is 848 g/mol. The van der Waals surface area contributed by atoms with Gasteiger partial charge in [-0.05, 0) is 81.2 Å². The van der Waals surface area contributed by atoms with Crippen LogP contribution in [0.1, 0.15) is 87.1 Å². The maximum atomic E-state index is 16.2. The molecule has 3 aromatic heterocycles. The Morgan fingerprint density at radius 1 is 0.873 bits per heavy atom. The molecular formula is C44H53FN10O6S2. The molecule has 7 heterocycles. The van der Waals surface area contributed by atoms with Gasteiger partial charge in [-0.3, -0.25) is 29.2 Å². The molecule has 3 N–H and O–H groups in total. The quantitative estimate of drug-likeness (QED) is 0.154. The second kappa shape index (κ2) is 19.0. The number of piperidine rings is 4. The van der Waals surface area contributed by atoms with E-state index in [1.165, 1.54) is 17.4 Å². The highest BCUT2D eigenvalue weighted by Gasteiger charge is 2.36. The van der Waals surface area contributed by atoms with Crippen molar-refractivity contribution in [3.8, 4) is 21.8 Å². The Morgan fingerprint density at radius 3 is 2.19 bits per heavy atom. The van der Waals surface area contributed by atoms with Gasteiger partial charge in [0.15, 0.2) is 5.82 Å². The minimum atomic E-state index is -3.74. The van der Waals surface area contributed by atoms with Gasteiger partial charge < -0.3 is 20.0 Å². The van der Waals surface area contributed by atoms with Crippen LogP contribution in [0.15, 0.2) is 48.8 Å². The smallest absolute Gasteiger partial charge is 0.234 e. The SMILES string of the molecule is CCCS(=O)(=O)Nc1cccc(-c2nc(C3CCN(C(=O)C4CCN(C(=O)C5CCN(c6ccc([C@@H]7CCC(=O)NC7=O)cn6)CC5)CC4)CC3)sc2-c2ccnc(NC)n2)c1F. The fraction of sp³-hybridized carbons (Fsp3) is 0.500. The van der Waals surface area contributed by atoms with Gasteiger partial charge in [-0.25, -0.2) is 32.7 Å². The summed E-state index contributed by atoms with van der Waals surface area (Å²) in [4.78, 5) is 76.4. The average Bonchev–Trinajstić information content (AvgIpc) is 3.75. The molecule has 63 heavy (non-hydrogen) atoms. The predicted molar refractivity (Wildman–Crippen MR) is 238 cm³/mol. The van der Waals surface area contributed by atoms with Gasteiger partial charge in [0.2, 0.25) is 39.6 Å². The zero-order valence-corrected chi connectivity index (χ0v) is 37.1. The summed E-state index contributed by atoms with van der Waals surface area (Å²) in [6.07, 6.45) is 8.54. The molecule has 0 unspecified atom stereocenters. The van der Waals surface area contributed by atoms with E-state index in [4.69, 9.17) is 4.98 Å². The monoisotopic (exact) mass is 900 g/mol. The number of pyridine rings is 1. The van der Waals surface area contributed by atoms with Crippen LogP contribution in [0.25, 0.3) is 21.8 Å². The number of anilines is 3. The van der Waals surface area contributed by atoms with E-state index in [0.717, 1.165) is 16.4 Å². The van der Waals surface area contributed by atoms with E-state index in [9.17, 15) is 27.6 Å². The van der Waals surface area contributed by atoms with E-state index in [1.54, 1.807) is 44.6 Å². The van der Waals surface area contributed by atoms with Gasteiger partial charge in [-0.1, -0.05) is 19.1 Å². The Morgan fingerprint density at radius 2 is 1.56 bits per heavy atom. The van der Waals surface area contributed by atoms with Crippen molar-refractivity contribution >= 4 is 62.4 Å². The molecule has 0 spiro atoms. The van der Waals surface area contributed by atoms with Crippen LogP contribution in [-0.2, 0) is 29.2 Å². The van der Waals surface area contributed by atoms with Gasteiger partial charge in [-0.2, -0.15) is 0 Å². The molecule has 8 rings (SSSR count). The van der Waals surface area contributed by atoms with E-state index in [2.05, 4.69) is 35.2 Å². The Labute approximate surface area is 370 Å². The number of amides is 4. The number of nitrogens with zero attached hydrogens (tertiary/aromatic N) is 7. The van der Waals surface area contributed by atoms with Crippen molar-refractivity contribution in [2.24, 2.45) is 11.8 Å². The number of likely N-dealkylation sites (tertiary alicyclic amines) is 2. The predicted octanol–water partition coefficient (Wildman–Crippen LogP) is 5.38. The van der Waals surface area contributed by atoms with Crippen molar-refractivity contribution in [3.05, 3.63) is 65.2 Å². The molecule has 4 saturated heterocycles. The zero-order valence-electron chi connectivity index (χ0n) is 35.5. The van der Waals surface area contributed by atoms with Crippen LogP contribution in [0.3, 0.4) is 0 Å². The molecule has 1 aromatic carbocycles. The van der Waals surface area contributed by atoms with Gasteiger partial charge in [0.1, 0.15) is 5.82 Å².